The Hall–Kier alpha value is -1.76. The third-order valence-corrected chi connectivity index (χ3v) is 3.15. The standard InChI is InChI=1S/C10H13N5OS/c1-3-15-9(16)13-14-10(15)17-8-6-4-5-7(11-2)12-8/h4-6H,3H2,1-2H3,(H,11,12)(H,13,16). The van der Waals surface area contributed by atoms with Gasteiger partial charge in [0, 0.05) is 13.6 Å². The van der Waals surface area contributed by atoms with Crippen LogP contribution in [0.4, 0.5) is 5.82 Å². The first-order valence-corrected chi connectivity index (χ1v) is 6.04. The third kappa shape index (κ3) is 2.50. The molecular weight excluding hydrogens is 238 g/mol. The third-order valence-electron chi connectivity index (χ3n) is 2.22. The van der Waals surface area contributed by atoms with Crippen molar-refractivity contribution in [3.8, 4) is 0 Å². The van der Waals surface area contributed by atoms with Crippen molar-refractivity contribution in [1.82, 2.24) is 19.7 Å². The van der Waals surface area contributed by atoms with Gasteiger partial charge in [0.15, 0.2) is 5.16 Å². The lowest BCUT2D eigenvalue weighted by Gasteiger charge is -2.03. The molecule has 0 amide bonds. The minimum Gasteiger partial charge on any atom is -0.373 e. The van der Waals surface area contributed by atoms with Crippen molar-refractivity contribution in [1.29, 1.82) is 0 Å². The Morgan fingerprint density at radius 1 is 1.53 bits per heavy atom. The van der Waals surface area contributed by atoms with Crippen LogP contribution in [0, 0.1) is 0 Å². The molecule has 0 aliphatic heterocycles. The number of aromatic amines is 1. The van der Waals surface area contributed by atoms with Gasteiger partial charge >= 0.3 is 5.69 Å². The van der Waals surface area contributed by atoms with Crippen LogP contribution in [0.5, 0.6) is 0 Å². The van der Waals surface area contributed by atoms with Crippen molar-refractivity contribution < 1.29 is 0 Å². The molecular formula is C10H13N5OS. The van der Waals surface area contributed by atoms with Crippen molar-refractivity contribution in [3.63, 3.8) is 0 Å². The van der Waals surface area contributed by atoms with E-state index in [1.165, 1.54) is 11.8 Å². The number of H-pyrrole nitrogens is 1. The molecule has 2 aromatic rings. The molecule has 0 saturated heterocycles. The molecule has 0 spiro atoms. The summed E-state index contributed by atoms with van der Waals surface area (Å²) < 4.78 is 1.57. The number of pyridine rings is 1. The smallest absolute Gasteiger partial charge is 0.343 e. The van der Waals surface area contributed by atoms with E-state index in [1.54, 1.807) is 4.57 Å². The Bertz CT molecular complexity index is 562. The predicted molar refractivity (Wildman–Crippen MR) is 66.4 cm³/mol. The van der Waals surface area contributed by atoms with Gasteiger partial charge in [0.1, 0.15) is 10.8 Å². The largest absolute Gasteiger partial charge is 0.373 e. The van der Waals surface area contributed by atoms with Crippen molar-refractivity contribution in [2.75, 3.05) is 12.4 Å². The van der Waals surface area contributed by atoms with E-state index in [0.29, 0.717) is 11.7 Å². The van der Waals surface area contributed by atoms with Gasteiger partial charge in [-0.1, -0.05) is 6.07 Å². The van der Waals surface area contributed by atoms with Gasteiger partial charge in [0.2, 0.25) is 0 Å². The van der Waals surface area contributed by atoms with Crippen LogP contribution in [0.2, 0.25) is 0 Å². The van der Waals surface area contributed by atoms with Crippen molar-refractivity contribution in [3.05, 3.63) is 28.7 Å². The van der Waals surface area contributed by atoms with Crippen LogP contribution in [0.3, 0.4) is 0 Å². The molecule has 90 valence electrons. The molecule has 2 rings (SSSR count). The van der Waals surface area contributed by atoms with E-state index in [9.17, 15) is 4.79 Å². The van der Waals surface area contributed by atoms with Gasteiger partial charge in [-0.15, -0.1) is 5.10 Å². The van der Waals surface area contributed by atoms with Crippen LogP contribution >= 0.6 is 11.8 Å². The van der Waals surface area contributed by atoms with E-state index < -0.39 is 0 Å². The fraction of sp³-hybridized carbons (Fsp3) is 0.300. The summed E-state index contributed by atoms with van der Waals surface area (Å²) in [6.45, 7) is 2.49. The van der Waals surface area contributed by atoms with Gasteiger partial charge in [-0.3, -0.25) is 4.57 Å². The number of nitrogens with zero attached hydrogens (tertiary/aromatic N) is 3. The van der Waals surface area contributed by atoms with E-state index >= 15 is 0 Å². The quantitative estimate of drug-likeness (QED) is 0.853. The fourth-order valence-electron chi connectivity index (χ4n) is 1.36. The highest BCUT2D eigenvalue weighted by molar-refractivity contribution is 7.99. The van der Waals surface area contributed by atoms with Crippen LogP contribution in [-0.4, -0.2) is 26.8 Å². The summed E-state index contributed by atoms with van der Waals surface area (Å²) in [5.41, 5.74) is -0.195. The lowest BCUT2D eigenvalue weighted by Crippen LogP contribution is -2.16. The van der Waals surface area contributed by atoms with Gasteiger partial charge in [0.05, 0.1) is 0 Å². The molecule has 0 bridgehead atoms. The van der Waals surface area contributed by atoms with Crippen molar-refractivity contribution in [2.24, 2.45) is 0 Å². The zero-order chi connectivity index (χ0) is 12.3. The second kappa shape index (κ2) is 5.05. The van der Waals surface area contributed by atoms with Crippen LogP contribution in [-0.2, 0) is 6.54 Å². The monoisotopic (exact) mass is 251 g/mol. The topological polar surface area (TPSA) is 75.6 Å². The number of hydrogen-bond donors (Lipinski definition) is 2. The Kier molecular flexibility index (Phi) is 3.48. The molecule has 2 N–H and O–H groups in total. The van der Waals surface area contributed by atoms with Crippen molar-refractivity contribution in [2.45, 2.75) is 23.7 Å². The Morgan fingerprint density at radius 3 is 3.06 bits per heavy atom. The summed E-state index contributed by atoms with van der Waals surface area (Å²) in [6.07, 6.45) is 0. The molecule has 17 heavy (non-hydrogen) atoms. The summed E-state index contributed by atoms with van der Waals surface area (Å²) in [5, 5.41) is 10.8. The van der Waals surface area contributed by atoms with Crippen LogP contribution in [0.15, 0.2) is 33.2 Å². The molecule has 0 aliphatic rings. The lowest BCUT2D eigenvalue weighted by molar-refractivity contribution is 0.660. The molecule has 0 unspecified atom stereocenters. The summed E-state index contributed by atoms with van der Waals surface area (Å²) in [7, 11) is 1.81. The predicted octanol–water partition coefficient (Wildman–Crippen LogP) is 1.18. The molecule has 6 nitrogen and oxygen atoms in total. The van der Waals surface area contributed by atoms with Crippen molar-refractivity contribution >= 4 is 17.6 Å². The van der Waals surface area contributed by atoms with Crippen LogP contribution in [0.1, 0.15) is 6.92 Å². The maximum absolute atomic E-state index is 11.4. The van der Waals surface area contributed by atoms with E-state index in [4.69, 9.17) is 0 Å². The van der Waals surface area contributed by atoms with E-state index in [1.807, 2.05) is 32.2 Å². The van der Waals surface area contributed by atoms with Crippen LogP contribution < -0.4 is 11.0 Å². The lowest BCUT2D eigenvalue weighted by atomic mass is 10.5. The number of hydrogen-bond acceptors (Lipinski definition) is 5. The van der Waals surface area contributed by atoms with Gasteiger partial charge in [0.25, 0.3) is 0 Å². The molecule has 0 radical (unpaired) electrons. The van der Waals surface area contributed by atoms with E-state index in [2.05, 4.69) is 20.5 Å². The zero-order valence-corrected chi connectivity index (χ0v) is 10.4. The number of nitrogens with one attached hydrogen (secondary N) is 2. The van der Waals surface area contributed by atoms with Gasteiger partial charge in [-0.05, 0) is 30.8 Å². The molecule has 0 aromatic carbocycles. The Labute approximate surface area is 102 Å². The maximum Gasteiger partial charge on any atom is 0.343 e. The number of aromatic nitrogens is 4. The molecule has 0 aliphatic carbocycles. The fourth-order valence-corrected chi connectivity index (χ4v) is 2.26. The average Bonchev–Trinajstić information content (AvgIpc) is 2.70. The first kappa shape index (κ1) is 11.7. The first-order valence-electron chi connectivity index (χ1n) is 5.22. The molecule has 0 atom stereocenters. The highest BCUT2D eigenvalue weighted by Gasteiger charge is 2.09. The average molecular weight is 251 g/mol. The summed E-state index contributed by atoms with van der Waals surface area (Å²) in [5.74, 6) is 0.788. The second-order valence-electron chi connectivity index (χ2n) is 3.27. The minimum absolute atomic E-state index is 0.195. The summed E-state index contributed by atoms with van der Waals surface area (Å²) >= 11 is 1.36. The molecule has 0 saturated carbocycles. The molecule has 2 aromatic heterocycles. The summed E-state index contributed by atoms with van der Waals surface area (Å²) in [6, 6.07) is 5.66. The van der Waals surface area contributed by atoms with Gasteiger partial charge < -0.3 is 5.32 Å². The normalized spacial score (nSPS) is 10.5. The molecule has 0 fully saturated rings. The Balaban J connectivity index is 2.28. The molecule has 2 heterocycles. The highest BCUT2D eigenvalue weighted by atomic mass is 32.2. The summed E-state index contributed by atoms with van der Waals surface area (Å²) in [4.78, 5) is 15.7. The maximum atomic E-state index is 11.4. The van der Waals surface area contributed by atoms with Gasteiger partial charge in [-0.2, -0.15) is 0 Å². The van der Waals surface area contributed by atoms with Crippen LogP contribution in [0.25, 0.3) is 0 Å². The number of anilines is 1. The van der Waals surface area contributed by atoms with E-state index in [0.717, 1.165) is 10.8 Å². The SMILES string of the molecule is CCn1c(Sc2cccc(NC)n2)n[nH]c1=O. The van der Waals surface area contributed by atoms with Gasteiger partial charge in [-0.25, -0.2) is 14.9 Å². The second-order valence-corrected chi connectivity index (χ2v) is 4.26. The highest BCUT2D eigenvalue weighted by Crippen LogP contribution is 2.23. The Morgan fingerprint density at radius 2 is 2.35 bits per heavy atom. The first-order chi connectivity index (χ1) is 8.24. The minimum atomic E-state index is -0.195. The number of rotatable bonds is 4. The van der Waals surface area contributed by atoms with E-state index in [-0.39, 0.29) is 5.69 Å². The zero-order valence-electron chi connectivity index (χ0n) is 9.60. The molecule has 7 heteroatoms.